The molecule has 0 saturated carbocycles. The van der Waals surface area contributed by atoms with E-state index in [0.717, 1.165) is 27.3 Å². The Bertz CT molecular complexity index is 1000. The lowest BCUT2D eigenvalue weighted by molar-refractivity contribution is 0.0861. The van der Waals surface area contributed by atoms with E-state index in [0.29, 0.717) is 0 Å². The monoisotopic (exact) mass is 374 g/mol. The largest absolute Gasteiger partial charge is 0.497 e. The molecule has 3 aromatic rings. The van der Waals surface area contributed by atoms with Crippen LogP contribution in [0.25, 0.3) is 0 Å². The van der Waals surface area contributed by atoms with E-state index in [-0.39, 0.29) is 17.1 Å². The molecule has 0 amide bonds. The average Bonchev–Trinajstić information content (AvgIpc) is 3.48. The van der Waals surface area contributed by atoms with Crippen LogP contribution in [0, 0.1) is 0 Å². The van der Waals surface area contributed by atoms with Gasteiger partial charge in [-0.15, -0.1) is 11.8 Å². The van der Waals surface area contributed by atoms with E-state index in [1.165, 1.54) is 0 Å². The van der Waals surface area contributed by atoms with Gasteiger partial charge in [0.1, 0.15) is 11.9 Å². The number of benzene rings is 3. The third-order valence-corrected chi connectivity index (χ3v) is 6.75. The minimum Gasteiger partial charge on any atom is -0.497 e. The number of rotatable bonds is 3. The van der Waals surface area contributed by atoms with Gasteiger partial charge in [0.05, 0.1) is 12.4 Å². The van der Waals surface area contributed by atoms with Gasteiger partial charge in [-0.1, -0.05) is 60.7 Å². The lowest BCUT2D eigenvalue weighted by Gasteiger charge is -2.30. The summed E-state index contributed by atoms with van der Waals surface area (Å²) in [5, 5.41) is -0.0757. The second-order valence-electron chi connectivity index (χ2n) is 6.80. The third-order valence-electron chi connectivity index (χ3n) is 5.29. The Labute approximate surface area is 162 Å². The van der Waals surface area contributed by atoms with Gasteiger partial charge in [0.25, 0.3) is 0 Å². The van der Waals surface area contributed by atoms with Crippen LogP contribution in [-0.4, -0.2) is 18.5 Å². The van der Waals surface area contributed by atoms with Crippen LogP contribution in [0.2, 0.25) is 0 Å². The minimum atomic E-state index is -0.852. The summed E-state index contributed by atoms with van der Waals surface area (Å²) < 4.78 is 11.5. The van der Waals surface area contributed by atoms with Gasteiger partial charge < -0.3 is 9.47 Å². The van der Waals surface area contributed by atoms with Gasteiger partial charge in [-0.3, -0.25) is 4.79 Å². The highest BCUT2D eigenvalue weighted by atomic mass is 32.2. The fourth-order valence-corrected chi connectivity index (χ4v) is 5.32. The van der Waals surface area contributed by atoms with E-state index in [9.17, 15) is 4.79 Å². The minimum absolute atomic E-state index is 0.0755. The zero-order valence-electron chi connectivity index (χ0n) is 14.8. The zero-order chi connectivity index (χ0) is 18.4. The summed E-state index contributed by atoms with van der Waals surface area (Å²) in [5.74, 6) is 0.870. The molecule has 27 heavy (non-hydrogen) atoms. The number of Topliss-reactive ketones (excluding diaryl/α,β-unsaturated/α-hetero) is 1. The van der Waals surface area contributed by atoms with Gasteiger partial charge in [-0.2, -0.15) is 0 Å². The highest BCUT2D eigenvalue weighted by molar-refractivity contribution is 7.99. The van der Waals surface area contributed by atoms with Crippen molar-refractivity contribution in [2.45, 2.75) is 21.9 Å². The van der Waals surface area contributed by atoms with Crippen LogP contribution < -0.4 is 4.74 Å². The van der Waals surface area contributed by atoms with Crippen LogP contribution >= 0.6 is 11.8 Å². The summed E-state index contributed by atoms with van der Waals surface area (Å²) in [6.45, 7) is 0. The van der Waals surface area contributed by atoms with Crippen molar-refractivity contribution in [1.82, 2.24) is 0 Å². The molecule has 2 heterocycles. The van der Waals surface area contributed by atoms with Gasteiger partial charge in [0, 0.05) is 10.5 Å². The first-order valence-electron chi connectivity index (χ1n) is 8.91. The Morgan fingerprint density at radius 3 is 2.33 bits per heavy atom. The van der Waals surface area contributed by atoms with Crippen molar-refractivity contribution in [1.29, 1.82) is 0 Å². The van der Waals surface area contributed by atoms with E-state index in [2.05, 4.69) is 12.1 Å². The number of ether oxygens (including phenoxy) is 2. The Balaban J connectivity index is 1.60. The van der Waals surface area contributed by atoms with Gasteiger partial charge in [0.15, 0.2) is 11.4 Å². The topological polar surface area (TPSA) is 38.8 Å². The van der Waals surface area contributed by atoms with Gasteiger partial charge in [0.2, 0.25) is 0 Å². The number of carbonyl (C=O) groups is 1. The molecular formula is C23H18O3S. The van der Waals surface area contributed by atoms with Crippen molar-refractivity contribution < 1.29 is 14.3 Å². The molecule has 4 heteroatoms. The fourth-order valence-electron chi connectivity index (χ4n) is 3.87. The van der Waals surface area contributed by atoms with Crippen molar-refractivity contribution in [3.63, 3.8) is 0 Å². The second-order valence-corrected chi connectivity index (χ2v) is 7.94. The number of thioether (sulfide) groups is 1. The first-order valence-corrected chi connectivity index (χ1v) is 9.79. The molecule has 3 nitrogen and oxygen atoms in total. The van der Waals surface area contributed by atoms with E-state index >= 15 is 0 Å². The van der Waals surface area contributed by atoms with Gasteiger partial charge >= 0.3 is 0 Å². The van der Waals surface area contributed by atoms with Crippen molar-refractivity contribution in [3.8, 4) is 5.75 Å². The highest BCUT2D eigenvalue weighted by Crippen LogP contribution is 2.66. The molecule has 134 valence electrons. The molecule has 0 N–H and O–H groups in total. The van der Waals surface area contributed by atoms with Crippen LogP contribution in [0.5, 0.6) is 5.75 Å². The summed E-state index contributed by atoms with van der Waals surface area (Å²) in [7, 11) is 1.65. The smallest absolute Gasteiger partial charge is 0.200 e. The molecule has 1 spiro atoms. The standard InChI is InChI=1S/C23H18O3S/c1-25-17-13-11-15(12-14-17)21-23(26-21)20(24)18-9-5-6-10-19(18)27-22(23)16-7-3-2-4-8-16/h2-14,21-22H,1H3/t21-,22-,23-/m1/s1. The first kappa shape index (κ1) is 16.6. The van der Waals surface area contributed by atoms with Crippen molar-refractivity contribution in [2.24, 2.45) is 0 Å². The Morgan fingerprint density at radius 1 is 0.889 bits per heavy atom. The van der Waals surface area contributed by atoms with E-state index in [1.54, 1.807) is 18.9 Å². The second kappa shape index (κ2) is 6.25. The summed E-state index contributed by atoms with van der Waals surface area (Å²) >= 11 is 1.72. The molecule has 2 aliphatic heterocycles. The number of epoxide rings is 1. The van der Waals surface area contributed by atoms with Gasteiger partial charge in [-0.25, -0.2) is 0 Å². The average molecular weight is 374 g/mol. The molecule has 1 saturated heterocycles. The summed E-state index contributed by atoms with van der Waals surface area (Å²) in [6, 6.07) is 25.8. The number of methoxy groups -OCH3 is 1. The molecule has 0 unspecified atom stereocenters. The van der Waals surface area contributed by atoms with Crippen molar-refractivity contribution in [2.75, 3.05) is 7.11 Å². The Hall–Kier alpha value is -2.56. The number of fused-ring (bicyclic) bond motifs is 1. The Kier molecular flexibility index (Phi) is 3.85. The number of hydrogen-bond acceptors (Lipinski definition) is 4. The predicted molar refractivity (Wildman–Crippen MR) is 105 cm³/mol. The summed E-state index contributed by atoms with van der Waals surface area (Å²) in [5.41, 5.74) is 2.02. The molecule has 1 fully saturated rings. The van der Waals surface area contributed by atoms with E-state index in [4.69, 9.17) is 9.47 Å². The van der Waals surface area contributed by atoms with Crippen LogP contribution in [0.15, 0.2) is 83.8 Å². The first-order chi connectivity index (χ1) is 13.2. The molecule has 0 aromatic heterocycles. The van der Waals surface area contributed by atoms with Crippen LogP contribution in [0.3, 0.4) is 0 Å². The fraction of sp³-hybridized carbons (Fsp3) is 0.174. The number of ketones is 1. The molecule has 3 aromatic carbocycles. The maximum Gasteiger partial charge on any atom is 0.200 e. The molecule has 5 rings (SSSR count). The summed E-state index contributed by atoms with van der Waals surface area (Å²) in [4.78, 5) is 14.5. The van der Waals surface area contributed by atoms with Crippen molar-refractivity contribution in [3.05, 3.63) is 95.6 Å². The van der Waals surface area contributed by atoms with Crippen LogP contribution in [0.4, 0.5) is 0 Å². The third kappa shape index (κ3) is 2.52. The lowest BCUT2D eigenvalue weighted by Crippen LogP contribution is -2.35. The SMILES string of the molecule is COc1ccc([C@H]2O[C@]23C(=O)c2ccccc2S[C@@H]3c2ccccc2)cc1. The zero-order valence-corrected chi connectivity index (χ0v) is 15.6. The number of carbonyl (C=O) groups excluding carboxylic acids is 1. The molecule has 0 aliphatic carbocycles. The van der Waals surface area contributed by atoms with Crippen molar-refractivity contribution >= 4 is 17.5 Å². The van der Waals surface area contributed by atoms with Gasteiger partial charge in [-0.05, 0) is 29.3 Å². The Morgan fingerprint density at radius 2 is 1.59 bits per heavy atom. The normalized spacial score (nSPS) is 25.9. The van der Waals surface area contributed by atoms with E-state index < -0.39 is 5.60 Å². The maximum absolute atomic E-state index is 13.5. The number of hydrogen-bond donors (Lipinski definition) is 0. The quantitative estimate of drug-likeness (QED) is 0.588. The van der Waals surface area contributed by atoms with Crippen LogP contribution in [0.1, 0.15) is 32.8 Å². The molecule has 0 bridgehead atoms. The maximum atomic E-state index is 13.5. The van der Waals surface area contributed by atoms with E-state index in [1.807, 2.05) is 66.7 Å². The molecule has 0 radical (unpaired) electrons. The highest BCUT2D eigenvalue weighted by Gasteiger charge is 2.69. The predicted octanol–water partition coefficient (Wildman–Crippen LogP) is 5.24. The van der Waals surface area contributed by atoms with Crippen LogP contribution in [-0.2, 0) is 4.74 Å². The molecular weight excluding hydrogens is 356 g/mol. The lowest BCUT2D eigenvalue weighted by atomic mass is 9.85. The molecule has 2 aliphatic rings. The molecule has 3 atom stereocenters. The summed E-state index contributed by atoms with van der Waals surface area (Å²) in [6.07, 6.45) is -0.248.